The molecule has 0 heterocycles. The summed E-state index contributed by atoms with van der Waals surface area (Å²) in [6.45, 7) is 0.867. The minimum atomic E-state index is -0.393. The zero-order valence-corrected chi connectivity index (χ0v) is 15.3. The molecule has 0 spiro atoms. The van der Waals surface area contributed by atoms with Crippen molar-refractivity contribution in [2.75, 3.05) is 0 Å². The number of rotatable bonds is 7. The molecule has 4 nitrogen and oxygen atoms in total. The molecule has 3 rings (SSSR count). The number of hydrogen-bond acceptors (Lipinski definition) is 3. The highest BCUT2D eigenvalue weighted by Gasteiger charge is 2.08. The number of nitrogens with zero attached hydrogens (tertiary/aromatic N) is 1. The van der Waals surface area contributed by atoms with Crippen molar-refractivity contribution in [3.05, 3.63) is 107 Å². The van der Waals surface area contributed by atoms with Crippen LogP contribution in [-0.4, -0.2) is 5.91 Å². The number of carbonyl (C=O) groups is 1. The van der Waals surface area contributed by atoms with Gasteiger partial charge in [-0.25, -0.2) is 0 Å². The number of amides is 1. The van der Waals surface area contributed by atoms with E-state index in [1.165, 1.54) is 0 Å². The second-order valence-electron chi connectivity index (χ2n) is 6.18. The minimum absolute atomic E-state index is 0.0638. The molecule has 0 aliphatic carbocycles. The predicted octanol–water partition coefficient (Wildman–Crippen LogP) is 4.49. The lowest BCUT2D eigenvalue weighted by atomic mass is 10.1. The summed E-state index contributed by atoms with van der Waals surface area (Å²) in [4.78, 5) is 12.3. The molecule has 1 N–H and O–H groups in total. The molecule has 3 aromatic rings. The molecule has 0 atom stereocenters. The summed E-state index contributed by atoms with van der Waals surface area (Å²) in [5.74, 6) is 0.337. The van der Waals surface area contributed by atoms with Gasteiger partial charge in [0.05, 0.1) is 0 Å². The van der Waals surface area contributed by atoms with E-state index in [0.717, 1.165) is 22.4 Å². The lowest BCUT2D eigenvalue weighted by Gasteiger charge is -2.07. The number of carbonyl (C=O) groups excluding carboxylic acids is 1. The SMILES string of the molecule is N#CC(=Cc1ccc(OCc2ccccc2)cc1)C(=O)NCc1ccccc1. The van der Waals surface area contributed by atoms with Gasteiger partial charge in [0.1, 0.15) is 24.0 Å². The van der Waals surface area contributed by atoms with Crippen LogP contribution in [0.5, 0.6) is 5.75 Å². The molecule has 0 aromatic heterocycles. The van der Waals surface area contributed by atoms with Crippen molar-refractivity contribution in [2.24, 2.45) is 0 Å². The quantitative estimate of drug-likeness (QED) is 0.494. The van der Waals surface area contributed by atoms with Crippen molar-refractivity contribution in [1.29, 1.82) is 5.26 Å². The molecule has 138 valence electrons. The van der Waals surface area contributed by atoms with E-state index in [-0.39, 0.29) is 5.57 Å². The maximum Gasteiger partial charge on any atom is 0.262 e. The second-order valence-corrected chi connectivity index (χ2v) is 6.18. The summed E-state index contributed by atoms with van der Waals surface area (Å²) < 4.78 is 5.75. The highest BCUT2D eigenvalue weighted by molar-refractivity contribution is 6.01. The molecule has 0 saturated carbocycles. The minimum Gasteiger partial charge on any atom is -0.489 e. The fraction of sp³-hybridized carbons (Fsp3) is 0.0833. The Labute approximate surface area is 164 Å². The van der Waals surface area contributed by atoms with Crippen LogP contribution in [0.1, 0.15) is 16.7 Å². The Kier molecular flexibility index (Phi) is 6.59. The largest absolute Gasteiger partial charge is 0.489 e. The summed E-state index contributed by atoms with van der Waals surface area (Å²) in [6, 6.07) is 28.7. The number of ether oxygens (including phenoxy) is 1. The lowest BCUT2D eigenvalue weighted by molar-refractivity contribution is -0.117. The van der Waals surface area contributed by atoms with E-state index in [4.69, 9.17) is 4.74 Å². The van der Waals surface area contributed by atoms with Gasteiger partial charge in [0.15, 0.2) is 0 Å². The lowest BCUT2D eigenvalue weighted by Crippen LogP contribution is -2.23. The first-order chi connectivity index (χ1) is 13.7. The first-order valence-corrected chi connectivity index (χ1v) is 8.95. The van der Waals surface area contributed by atoms with E-state index in [0.29, 0.717) is 13.2 Å². The van der Waals surface area contributed by atoms with Crippen molar-refractivity contribution in [3.63, 3.8) is 0 Å². The smallest absolute Gasteiger partial charge is 0.262 e. The molecule has 3 aromatic carbocycles. The third kappa shape index (κ3) is 5.58. The average Bonchev–Trinajstić information content (AvgIpc) is 2.76. The van der Waals surface area contributed by atoms with Gasteiger partial charge in [0.25, 0.3) is 5.91 Å². The first kappa shape index (κ1) is 18.9. The van der Waals surface area contributed by atoms with Gasteiger partial charge >= 0.3 is 0 Å². The molecule has 0 saturated heterocycles. The normalized spacial score (nSPS) is 10.8. The van der Waals surface area contributed by atoms with Crippen LogP contribution >= 0.6 is 0 Å². The van der Waals surface area contributed by atoms with Crippen molar-refractivity contribution in [2.45, 2.75) is 13.2 Å². The van der Waals surface area contributed by atoms with Crippen LogP contribution in [-0.2, 0) is 17.9 Å². The predicted molar refractivity (Wildman–Crippen MR) is 109 cm³/mol. The van der Waals surface area contributed by atoms with Gasteiger partial charge < -0.3 is 10.1 Å². The van der Waals surface area contributed by atoms with Gasteiger partial charge in [-0.2, -0.15) is 5.26 Å². The Morgan fingerprint density at radius 2 is 1.50 bits per heavy atom. The highest BCUT2D eigenvalue weighted by atomic mass is 16.5. The van der Waals surface area contributed by atoms with Crippen molar-refractivity contribution >= 4 is 12.0 Å². The molecule has 4 heteroatoms. The summed E-state index contributed by atoms with van der Waals surface area (Å²) in [5.41, 5.74) is 2.90. The van der Waals surface area contributed by atoms with Gasteiger partial charge in [-0.15, -0.1) is 0 Å². The molecule has 28 heavy (non-hydrogen) atoms. The molecule has 0 bridgehead atoms. The molecule has 0 unspecified atom stereocenters. The van der Waals surface area contributed by atoms with Crippen LogP contribution < -0.4 is 10.1 Å². The Bertz CT molecular complexity index is 973. The van der Waals surface area contributed by atoms with E-state index in [1.54, 1.807) is 6.08 Å². The number of benzene rings is 3. The van der Waals surface area contributed by atoms with Crippen LogP contribution in [0.25, 0.3) is 6.08 Å². The van der Waals surface area contributed by atoms with E-state index in [1.807, 2.05) is 91.0 Å². The molecular formula is C24H20N2O2. The zero-order valence-electron chi connectivity index (χ0n) is 15.3. The molecular weight excluding hydrogens is 348 g/mol. The summed E-state index contributed by atoms with van der Waals surface area (Å²) in [5, 5.41) is 12.1. The Balaban J connectivity index is 1.59. The second kappa shape index (κ2) is 9.75. The van der Waals surface area contributed by atoms with E-state index in [9.17, 15) is 10.1 Å². The van der Waals surface area contributed by atoms with Crippen molar-refractivity contribution < 1.29 is 9.53 Å². The van der Waals surface area contributed by atoms with E-state index in [2.05, 4.69) is 5.32 Å². The molecule has 0 aliphatic heterocycles. The first-order valence-electron chi connectivity index (χ1n) is 8.95. The van der Waals surface area contributed by atoms with Gasteiger partial charge in [-0.05, 0) is 34.9 Å². The van der Waals surface area contributed by atoms with E-state index >= 15 is 0 Å². The molecule has 0 radical (unpaired) electrons. The Morgan fingerprint density at radius 1 is 0.893 bits per heavy atom. The monoisotopic (exact) mass is 368 g/mol. The Hall–Kier alpha value is -3.84. The highest BCUT2D eigenvalue weighted by Crippen LogP contribution is 2.16. The summed E-state index contributed by atoms with van der Waals surface area (Å²) >= 11 is 0. The zero-order chi connectivity index (χ0) is 19.6. The third-order valence-electron chi connectivity index (χ3n) is 4.10. The molecule has 1 amide bonds. The third-order valence-corrected chi connectivity index (χ3v) is 4.10. The number of nitrogens with one attached hydrogen (secondary N) is 1. The topological polar surface area (TPSA) is 62.1 Å². The maximum atomic E-state index is 12.3. The number of hydrogen-bond donors (Lipinski definition) is 1. The van der Waals surface area contributed by atoms with Gasteiger partial charge in [0, 0.05) is 6.54 Å². The fourth-order valence-corrected chi connectivity index (χ4v) is 2.59. The maximum absolute atomic E-state index is 12.3. The van der Waals surface area contributed by atoms with Crippen molar-refractivity contribution in [1.82, 2.24) is 5.32 Å². The van der Waals surface area contributed by atoms with Crippen LogP contribution in [0.15, 0.2) is 90.5 Å². The average molecular weight is 368 g/mol. The van der Waals surface area contributed by atoms with Crippen LogP contribution in [0.2, 0.25) is 0 Å². The van der Waals surface area contributed by atoms with Gasteiger partial charge in [-0.3, -0.25) is 4.79 Å². The molecule has 0 aliphatic rings. The van der Waals surface area contributed by atoms with Crippen LogP contribution in [0.4, 0.5) is 0 Å². The standard InChI is InChI=1S/C24H20N2O2/c25-16-22(24(27)26-17-20-7-3-1-4-8-20)15-19-11-13-23(14-12-19)28-18-21-9-5-2-6-10-21/h1-15H,17-18H2,(H,26,27). The van der Waals surface area contributed by atoms with E-state index < -0.39 is 5.91 Å². The van der Waals surface area contributed by atoms with Gasteiger partial charge in [0.2, 0.25) is 0 Å². The van der Waals surface area contributed by atoms with Gasteiger partial charge in [-0.1, -0.05) is 72.8 Å². The summed E-state index contributed by atoms with van der Waals surface area (Å²) in [7, 11) is 0. The number of nitriles is 1. The van der Waals surface area contributed by atoms with Crippen molar-refractivity contribution in [3.8, 4) is 11.8 Å². The molecule has 0 fully saturated rings. The van der Waals surface area contributed by atoms with Crippen LogP contribution in [0, 0.1) is 11.3 Å². The Morgan fingerprint density at radius 3 is 2.11 bits per heavy atom. The summed E-state index contributed by atoms with van der Waals surface area (Å²) in [6.07, 6.45) is 1.57. The van der Waals surface area contributed by atoms with Crippen LogP contribution in [0.3, 0.4) is 0 Å². The fourth-order valence-electron chi connectivity index (χ4n) is 2.59.